The second-order valence-electron chi connectivity index (χ2n) is 6.26. The summed E-state index contributed by atoms with van der Waals surface area (Å²) in [4.78, 5) is 14.0. The van der Waals surface area contributed by atoms with E-state index in [1.807, 2.05) is 0 Å². The highest BCUT2D eigenvalue weighted by molar-refractivity contribution is 5.79. The molecule has 2 unspecified atom stereocenters. The van der Waals surface area contributed by atoms with Gasteiger partial charge in [-0.25, -0.2) is 0 Å². The SMILES string of the molecule is O=C(Cc1ccc(C(F)(F)F)cc1)N1CC2CCC(C1)C2O. The van der Waals surface area contributed by atoms with Gasteiger partial charge in [0.15, 0.2) is 0 Å². The number of nitrogens with zero attached hydrogens (tertiary/aromatic N) is 1. The highest BCUT2D eigenvalue weighted by atomic mass is 19.4. The lowest BCUT2D eigenvalue weighted by Gasteiger charge is -2.35. The Balaban J connectivity index is 1.63. The smallest absolute Gasteiger partial charge is 0.392 e. The summed E-state index contributed by atoms with van der Waals surface area (Å²) in [6, 6.07) is 4.72. The van der Waals surface area contributed by atoms with Crippen LogP contribution in [0.3, 0.4) is 0 Å². The van der Waals surface area contributed by atoms with Gasteiger partial charge in [-0.15, -0.1) is 0 Å². The van der Waals surface area contributed by atoms with Crippen molar-refractivity contribution in [2.45, 2.75) is 31.5 Å². The number of halogens is 3. The number of aliphatic hydroxyl groups is 1. The highest BCUT2D eigenvalue weighted by Gasteiger charge is 2.42. The van der Waals surface area contributed by atoms with E-state index >= 15 is 0 Å². The van der Waals surface area contributed by atoms with Gasteiger partial charge in [-0.05, 0) is 30.5 Å². The quantitative estimate of drug-likeness (QED) is 0.911. The highest BCUT2D eigenvalue weighted by Crippen LogP contribution is 2.37. The molecule has 1 aromatic rings. The molecule has 1 aliphatic carbocycles. The number of aliphatic hydroxyl groups excluding tert-OH is 1. The lowest BCUT2D eigenvalue weighted by molar-refractivity contribution is -0.137. The molecule has 1 aliphatic heterocycles. The van der Waals surface area contributed by atoms with Gasteiger partial charge in [-0.2, -0.15) is 13.2 Å². The Kier molecular flexibility index (Phi) is 3.89. The van der Waals surface area contributed by atoms with Crippen LogP contribution in [-0.4, -0.2) is 35.1 Å². The third-order valence-electron chi connectivity index (χ3n) is 4.77. The standard InChI is InChI=1S/C16H18F3NO2/c17-16(18,19)13-5-1-10(2-6-13)7-14(21)20-8-11-3-4-12(9-20)15(11)22/h1-2,5-6,11-12,15,22H,3-4,7-9H2. The van der Waals surface area contributed by atoms with Gasteiger partial charge in [0.1, 0.15) is 0 Å². The predicted octanol–water partition coefficient (Wildman–Crippen LogP) is 2.48. The average Bonchev–Trinajstić information content (AvgIpc) is 2.69. The van der Waals surface area contributed by atoms with E-state index in [0.717, 1.165) is 25.0 Å². The lowest BCUT2D eigenvalue weighted by Crippen LogP contribution is -2.47. The minimum atomic E-state index is -4.36. The number of carbonyl (C=O) groups is 1. The van der Waals surface area contributed by atoms with Crippen LogP contribution in [0.4, 0.5) is 13.2 Å². The van der Waals surface area contributed by atoms with Crippen molar-refractivity contribution in [3.05, 3.63) is 35.4 Å². The Morgan fingerprint density at radius 1 is 1.14 bits per heavy atom. The van der Waals surface area contributed by atoms with Crippen molar-refractivity contribution in [3.63, 3.8) is 0 Å². The van der Waals surface area contributed by atoms with Crippen LogP contribution in [0.2, 0.25) is 0 Å². The van der Waals surface area contributed by atoms with Crippen molar-refractivity contribution in [3.8, 4) is 0 Å². The van der Waals surface area contributed by atoms with Crippen LogP contribution in [0.5, 0.6) is 0 Å². The number of alkyl halides is 3. The van der Waals surface area contributed by atoms with E-state index < -0.39 is 11.7 Å². The summed E-state index contributed by atoms with van der Waals surface area (Å²) < 4.78 is 37.5. The first-order valence-corrected chi connectivity index (χ1v) is 7.46. The van der Waals surface area contributed by atoms with E-state index in [0.29, 0.717) is 18.7 Å². The first kappa shape index (κ1) is 15.3. The maximum atomic E-state index is 12.5. The zero-order valence-electron chi connectivity index (χ0n) is 12.0. The third kappa shape index (κ3) is 2.97. The molecule has 120 valence electrons. The number of rotatable bonds is 2. The summed E-state index contributed by atoms with van der Waals surface area (Å²) in [5, 5.41) is 9.96. The van der Waals surface area contributed by atoms with Gasteiger partial charge in [0.2, 0.25) is 5.91 Å². The van der Waals surface area contributed by atoms with E-state index in [-0.39, 0.29) is 30.3 Å². The van der Waals surface area contributed by atoms with Crippen LogP contribution >= 0.6 is 0 Å². The van der Waals surface area contributed by atoms with Crippen LogP contribution in [-0.2, 0) is 17.4 Å². The molecule has 1 N–H and O–H groups in total. The summed E-state index contributed by atoms with van der Waals surface area (Å²) >= 11 is 0. The second-order valence-corrected chi connectivity index (χ2v) is 6.26. The predicted molar refractivity (Wildman–Crippen MR) is 73.9 cm³/mol. The first-order valence-electron chi connectivity index (χ1n) is 7.46. The van der Waals surface area contributed by atoms with Crippen molar-refractivity contribution in [1.29, 1.82) is 0 Å². The van der Waals surface area contributed by atoms with Gasteiger partial charge >= 0.3 is 6.18 Å². The van der Waals surface area contributed by atoms with Crippen molar-refractivity contribution in [2.75, 3.05) is 13.1 Å². The molecule has 2 fully saturated rings. The zero-order valence-corrected chi connectivity index (χ0v) is 12.0. The normalized spacial score (nSPS) is 28.0. The molecule has 0 spiro atoms. The van der Waals surface area contributed by atoms with Crippen molar-refractivity contribution in [1.82, 2.24) is 4.90 Å². The molecule has 1 heterocycles. The summed E-state index contributed by atoms with van der Waals surface area (Å²) in [6.07, 6.45) is -2.68. The molecule has 1 aromatic carbocycles. The average molecular weight is 313 g/mol. The number of benzene rings is 1. The van der Waals surface area contributed by atoms with E-state index in [1.165, 1.54) is 12.1 Å². The molecule has 22 heavy (non-hydrogen) atoms. The summed E-state index contributed by atoms with van der Waals surface area (Å²) in [7, 11) is 0. The van der Waals surface area contributed by atoms with E-state index in [2.05, 4.69) is 0 Å². The molecule has 1 amide bonds. The van der Waals surface area contributed by atoms with Crippen LogP contribution in [0.15, 0.2) is 24.3 Å². The van der Waals surface area contributed by atoms with Gasteiger partial charge in [0.05, 0.1) is 18.1 Å². The van der Waals surface area contributed by atoms with Gasteiger partial charge in [0, 0.05) is 24.9 Å². The van der Waals surface area contributed by atoms with Crippen LogP contribution < -0.4 is 0 Å². The molecule has 2 atom stereocenters. The molecular weight excluding hydrogens is 295 g/mol. The number of hydrogen-bond donors (Lipinski definition) is 1. The maximum absolute atomic E-state index is 12.5. The molecule has 3 nitrogen and oxygen atoms in total. The Morgan fingerprint density at radius 3 is 2.18 bits per heavy atom. The van der Waals surface area contributed by atoms with Crippen LogP contribution in [0.25, 0.3) is 0 Å². The van der Waals surface area contributed by atoms with Crippen LogP contribution in [0, 0.1) is 11.8 Å². The van der Waals surface area contributed by atoms with Crippen molar-refractivity contribution < 1.29 is 23.1 Å². The van der Waals surface area contributed by atoms with Gasteiger partial charge in [0.25, 0.3) is 0 Å². The fraction of sp³-hybridized carbons (Fsp3) is 0.562. The molecule has 1 saturated heterocycles. The fourth-order valence-corrected chi connectivity index (χ4v) is 3.50. The Bertz CT molecular complexity index is 542. The monoisotopic (exact) mass is 313 g/mol. The topological polar surface area (TPSA) is 40.5 Å². The molecule has 1 saturated carbocycles. The van der Waals surface area contributed by atoms with Crippen molar-refractivity contribution in [2.24, 2.45) is 11.8 Å². The van der Waals surface area contributed by atoms with Gasteiger partial charge in [-0.1, -0.05) is 12.1 Å². The number of likely N-dealkylation sites (tertiary alicyclic amines) is 1. The number of fused-ring (bicyclic) bond motifs is 2. The molecule has 0 radical (unpaired) electrons. The second kappa shape index (κ2) is 5.57. The summed E-state index contributed by atoms with van der Waals surface area (Å²) in [5.74, 6) is 0.217. The summed E-state index contributed by atoms with van der Waals surface area (Å²) in [6.45, 7) is 1.11. The van der Waals surface area contributed by atoms with E-state index in [1.54, 1.807) is 4.90 Å². The minimum absolute atomic E-state index is 0.0800. The maximum Gasteiger partial charge on any atom is 0.416 e. The van der Waals surface area contributed by atoms with Crippen molar-refractivity contribution >= 4 is 5.91 Å². The third-order valence-corrected chi connectivity index (χ3v) is 4.77. The number of hydrogen-bond acceptors (Lipinski definition) is 2. The fourth-order valence-electron chi connectivity index (χ4n) is 3.50. The van der Waals surface area contributed by atoms with E-state index in [4.69, 9.17) is 0 Å². The van der Waals surface area contributed by atoms with Crippen LogP contribution in [0.1, 0.15) is 24.0 Å². The molecule has 2 bridgehead atoms. The Hall–Kier alpha value is -1.56. The first-order chi connectivity index (χ1) is 10.3. The number of carbonyl (C=O) groups excluding carboxylic acids is 1. The minimum Gasteiger partial charge on any atom is -0.392 e. The molecular formula is C16H18F3NO2. The van der Waals surface area contributed by atoms with E-state index in [9.17, 15) is 23.1 Å². The number of amides is 1. The Morgan fingerprint density at radius 2 is 1.68 bits per heavy atom. The molecule has 6 heteroatoms. The lowest BCUT2D eigenvalue weighted by atomic mass is 9.94. The van der Waals surface area contributed by atoms with Gasteiger partial charge < -0.3 is 10.0 Å². The van der Waals surface area contributed by atoms with Gasteiger partial charge in [-0.3, -0.25) is 4.79 Å². The zero-order chi connectivity index (χ0) is 15.9. The Labute approximate surface area is 126 Å². The number of piperidine rings is 1. The molecule has 3 rings (SSSR count). The molecule has 0 aromatic heterocycles. The molecule has 2 aliphatic rings. The largest absolute Gasteiger partial charge is 0.416 e. The summed E-state index contributed by atoms with van der Waals surface area (Å²) in [5.41, 5.74) is -0.126.